The topological polar surface area (TPSA) is 52.6 Å². The van der Waals surface area contributed by atoms with Crippen LogP contribution in [0.15, 0.2) is 60.7 Å². The third-order valence-electron chi connectivity index (χ3n) is 5.62. The van der Waals surface area contributed by atoms with Crippen molar-refractivity contribution >= 4 is 11.9 Å². The monoisotopic (exact) mass is 430 g/mol. The molecular formula is C28H30O4. The molecule has 0 saturated heterocycles. The Morgan fingerprint density at radius 3 is 1.25 bits per heavy atom. The van der Waals surface area contributed by atoms with Gasteiger partial charge in [-0.1, -0.05) is 87.4 Å². The molecule has 3 aromatic carbocycles. The molecule has 0 amide bonds. The lowest BCUT2D eigenvalue weighted by Gasteiger charge is -2.25. The van der Waals surface area contributed by atoms with E-state index in [2.05, 4.69) is 13.8 Å². The summed E-state index contributed by atoms with van der Waals surface area (Å²) in [6.45, 7) is 4.14. The van der Waals surface area contributed by atoms with Crippen molar-refractivity contribution < 1.29 is 19.1 Å². The van der Waals surface area contributed by atoms with Crippen LogP contribution in [0, 0.1) is 0 Å². The van der Waals surface area contributed by atoms with E-state index in [0.29, 0.717) is 35.1 Å². The number of benzene rings is 3. The molecule has 0 aliphatic rings. The summed E-state index contributed by atoms with van der Waals surface area (Å²) >= 11 is 0. The van der Waals surface area contributed by atoms with Crippen molar-refractivity contribution in [2.75, 3.05) is 14.2 Å². The first-order valence-electron chi connectivity index (χ1n) is 11.1. The second-order valence-corrected chi connectivity index (χ2v) is 7.67. The maximum atomic E-state index is 13.3. The van der Waals surface area contributed by atoms with Gasteiger partial charge >= 0.3 is 11.9 Å². The van der Waals surface area contributed by atoms with Crippen molar-refractivity contribution in [3.8, 4) is 22.3 Å². The van der Waals surface area contributed by atoms with Gasteiger partial charge in [0.1, 0.15) is 0 Å². The van der Waals surface area contributed by atoms with Crippen molar-refractivity contribution in [3.63, 3.8) is 0 Å². The van der Waals surface area contributed by atoms with Crippen LogP contribution in [0.5, 0.6) is 0 Å². The molecule has 0 aliphatic heterocycles. The highest BCUT2D eigenvalue weighted by Gasteiger charge is 2.31. The van der Waals surface area contributed by atoms with Crippen molar-refractivity contribution in [2.45, 2.75) is 39.5 Å². The minimum absolute atomic E-state index is 0.391. The van der Waals surface area contributed by atoms with Crippen LogP contribution in [0.2, 0.25) is 0 Å². The van der Waals surface area contributed by atoms with Gasteiger partial charge in [-0.25, -0.2) is 9.59 Å². The highest BCUT2D eigenvalue weighted by Crippen LogP contribution is 2.43. The maximum absolute atomic E-state index is 13.3. The number of ether oxygens (including phenoxy) is 2. The van der Waals surface area contributed by atoms with Gasteiger partial charge in [-0.05, 0) is 35.1 Å². The van der Waals surface area contributed by atoms with Crippen LogP contribution in [0.4, 0.5) is 0 Å². The van der Waals surface area contributed by atoms with E-state index in [0.717, 1.165) is 35.1 Å². The van der Waals surface area contributed by atoms with E-state index in [-0.39, 0.29) is 0 Å². The van der Waals surface area contributed by atoms with Gasteiger partial charge in [0.15, 0.2) is 0 Å². The normalized spacial score (nSPS) is 10.6. The molecule has 0 N–H and O–H groups in total. The highest BCUT2D eigenvalue weighted by molar-refractivity contribution is 6.11. The Hall–Kier alpha value is -3.40. The van der Waals surface area contributed by atoms with E-state index in [1.807, 2.05) is 60.7 Å². The molecule has 0 radical (unpaired) electrons. The standard InChI is InChI=1S/C28H30O4/c1-5-13-21-22(14-6-2)26(28(30)32-4)24(20-17-11-8-12-18-20)23(25(21)27(29)31-3)19-15-9-7-10-16-19/h7-12,15-18H,5-6,13-14H2,1-4H3. The van der Waals surface area contributed by atoms with Gasteiger partial charge in [0.05, 0.1) is 25.3 Å². The number of methoxy groups -OCH3 is 2. The fraction of sp³-hybridized carbons (Fsp3) is 0.286. The molecule has 0 unspecified atom stereocenters. The number of esters is 2. The molecule has 0 spiro atoms. The smallest absolute Gasteiger partial charge is 0.338 e. The minimum Gasteiger partial charge on any atom is -0.465 e. The Morgan fingerprint density at radius 2 is 0.969 bits per heavy atom. The van der Waals surface area contributed by atoms with E-state index in [4.69, 9.17) is 9.47 Å². The summed E-state index contributed by atoms with van der Waals surface area (Å²) in [4.78, 5) is 26.5. The van der Waals surface area contributed by atoms with Gasteiger partial charge in [-0.3, -0.25) is 0 Å². The van der Waals surface area contributed by atoms with Crippen LogP contribution in [0.1, 0.15) is 58.5 Å². The summed E-state index contributed by atoms with van der Waals surface area (Å²) in [7, 11) is 2.81. The van der Waals surface area contributed by atoms with Crippen LogP contribution in [0.25, 0.3) is 22.3 Å². The number of hydrogen-bond acceptors (Lipinski definition) is 4. The fourth-order valence-electron chi connectivity index (χ4n) is 4.35. The zero-order chi connectivity index (χ0) is 23.1. The molecule has 0 saturated carbocycles. The third-order valence-corrected chi connectivity index (χ3v) is 5.62. The van der Waals surface area contributed by atoms with Gasteiger partial charge in [0, 0.05) is 11.1 Å². The van der Waals surface area contributed by atoms with E-state index in [9.17, 15) is 9.59 Å². The predicted octanol–water partition coefficient (Wildman–Crippen LogP) is 6.50. The van der Waals surface area contributed by atoms with Crippen LogP contribution in [0.3, 0.4) is 0 Å². The molecular weight excluding hydrogens is 400 g/mol. The predicted molar refractivity (Wildman–Crippen MR) is 128 cm³/mol. The van der Waals surface area contributed by atoms with E-state index >= 15 is 0 Å². The molecule has 4 nitrogen and oxygen atoms in total. The van der Waals surface area contributed by atoms with Gasteiger partial charge < -0.3 is 9.47 Å². The molecule has 3 rings (SSSR count). The lowest BCUT2D eigenvalue weighted by atomic mass is 9.78. The van der Waals surface area contributed by atoms with Crippen LogP contribution in [-0.2, 0) is 22.3 Å². The Morgan fingerprint density at radius 1 is 0.625 bits per heavy atom. The van der Waals surface area contributed by atoms with Gasteiger partial charge in [0.2, 0.25) is 0 Å². The Kier molecular flexibility index (Phi) is 7.82. The first kappa shape index (κ1) is 23.3. The van der Waals surface area contributed by atoms with Gasteiger partial charge in [-0.15, -0.1) is 0 Å². The maximum Gasteiger partial charge on any atom is 0.338 e. The average molecular weight is 431 g/mol. The first-order chi connectivity index (χ1) is 15.6. The molecule has 3 aromatic rings. The zero-order valence-corrected chi connectivity index (χ0v) is 19.2. The quantitative estimate of drug-likeness (QED) is 0.383. The number of carbonyl (C=O) groups is 2. The Balaban J connectivity index is 2.64. The largest absolute Gasteiger partial charge is 0.465 e. The summed E-state index contributed by atoms with van der Waals surface area (Å²) in [6.07, 6.45) is 3.00. The Bertz CT molecular complexity index is 997. The van der Waals surface area contributed by atoms with Gasteiger partial charge in [0.25, 0.3) is 0 Å². The first-order valence-corrected chi connectivity index (χ1v) is 11.1. The summed E-state index contributed by atoms with van der Waals surface area (Å²) in [5.41, 5.74) is 5.97. The van der Waals surface area contributed by atoms with Crippen molar-refractivity contribution in [2.24, 2.45) is 0 Å². The van der Waals surface area contributed by atoms with Crippen molar-refractivity contribution in [3.05, 3.63) is 82.9 Å². The fourth-order valence-corrected chi connectivity index (χ4v) is 4.35. The molecule has 0 atom stereocenters. The van der Waals surface area contributed by atoms with E-state index in [1.54, 1.807) is 0 Å². The molecule has 4 heteroatoms. The molecule has 0 aromatic heterocycles. The highest BCUT2D eigenvalue weighted by atomic mass is 16.5. The molecule has 166 valence electrons. The lowest BCUT2D eigenvalue weighted by molar-refractivity contribution is 0.0585. The molecule has 32 heavy (non-hydrogen) atoms. The molecule has 0 bridgehead atoms. The van der Waals surface area contributed by atoms with E-state index < -0.39 is 11.9 Å². The third kappa shape index (κ3) is 4.45. The lowest BCUT2D eigenvalue weighted by Crippen LogP contribution is -2.18. The number of hydrogen-bond donors (Lipinski definition) is 0. The minimum atomic E-state index is -0.391. The molecule has 0 fully saturated rings. The summed E-state index contributed by atoms with van der Waals surface area (Å²) in [6, 6.07) is 19.5. The summed E-state index contributed by atoms with van der Waals surface area (Å²) in [5, 5.41) is 0. The molecule has 0 heterocycles. The van der Waals surface area contributed by atoms with Crippen LogP contribution >= 0.6 is 0 Å². The zero-order valence-electron chi connectivity index (χ0n) is 19.2. The second kappa shape index (κ2) is 10.8. The van der Waals surface area contributed by atoms with Crippen molar-refractivity contribution in [1.82, 2.24) is 0 Å². The summed E-state index contributed by atoms with van der Waals surface area (Å²) < 4.78 is 10.6. The number of carbonyl (C=O) groups excluding carboxylic acids is 2. The van der Waals surface area contributed by atoms with Crippen LogP contribution < -0.4 is 0 Å². The van der Waals surface area contributed by atoms with Crippen molar-refractivity contribution in [1.29, 1.82) is 0 Å². The van der Waals surface area contributed by atoms with E-state index in [1.165, 1.54) is 14.2 Å². The van der Waals surface area contributed by atoms with Crippen LogP contribution in [-0.4, -0.2) is 26.2 Å². The SMILES string of the molecule is CCCc1c(CCC)c(C(=O)OC)c(-c2ccccc2)c(-c2ccccc2)c1C(=O)OC. The Labute approximate surface area is 190 Å². The molecule has 0 aliphatic carbocycles. The summed E-state index contributed by atoms with van der Waals surface area (Å²) in [5.74, 6) is -0.781. The number of rotatable bonds is 8. The van der Waals surface area contributed by atoms with Gasteiger partial charge in [-0.2, -0.15) is 0 Å². The second-order valence-electron chi connectivity index (χ2n) is 7.67. The average Bonchev–Trinajstić information content (AvgIpc) is 2.84.